The highest BCUT2D eigenvalue weighted by Gasteiger charge is 2.27. The summed E-state index contributed by atoms with van der Waals surface area (Å²) in [5.74, 6) is 0.194. The third-order valence-corrected chi connectivity index (χ3v) is 4.88. The molecular weight excluding hydrogens is 345 g/mol. The summed E-state index contributed by atoms with van der Waals surface area (Å²) in [5.41, 5.74) is 1.31. The Hall–Kier alpha value is -0.230. The van der Waals surface area contributed by atoms with Gasteiger partial charge in [-0.05, 0) is 35.3 Å². The number of amides is 1. The summed E-state index contributed by atoms with van der Waals surface area (Å²) in [7, 11) is 0. The first-order chi connectivity index (χ1) is 8.31. The predicted octanol–water partition coefficient (Wildman–Crippen LogP) is 3.03. The van der Waals surface area contributed by atoms with Crippen LogP contribution >= 0.6 is 34.4 Å². The molecule has 1 heterocycles. The number of thioether (sulfide) groups is 1. The molecule has 1 aromatic carbocycles. The van der Waals surface area contributed by atoms with Crippen molar-refractivity contribution in [3.8, 4) is 0 Å². The second-order valence-electron chi connectivity index (χ2n) is 4.11. The van der Waals surface area contributed by atoms with Crippen molar-refractivity contribution >= 4 is 40.3 Å². The van der Waals surface area contributed by atoms with Crippen LogP contribution in [-0.2, 0) is 11.2 Å². The summed E-state index contributed by atoms with van der Waals surface area (Å²) >= 11 is 4.06. The summed E-state index contributed by atoms with van der Waals surface area (Å²) in [6.45, 7) is 0.815. The molecule has 0 radical (unpaired) electrons. The molecule has 0 fully saturated rings. The Morgan fingerprint density at radius 3 is 3.00 bits per heavy atom. The van der Waals surface area contributed by atoms with E-state index in [9.17, 15) is 4.79 Å². The van der Waals surface area contributed by atoms with Crippen molar-refractivity contribution < 1.29 is 4.79 Å². The van der Waals surface area contributed by atoms with Crippen LogP contribution in [0.5, 0.6) is 0 Å². The zero-order valence-electron chi connectivity index (χ0n) is 9.62. The summed E-state index contributed by atoms with van der Waals surface area (Å²) in [6.07, 6.45) is 3.14. The molecule has 2 rings (SSSR count). The SMILES string of the molecule is O=C(NCCCCI)C1Cc2ccccc2S1. The average Bonchev–Trinajstić information content (AvgIpc) is 2.78. The van der Waals surface area contributed by atoms with E-state index in [2.05, 4.69) is 40.0 Å². The third kappa shape index (κ3) is 3.61. The van der Waals surface area contributed by atoms with Gasteiger partial charge in [-0.25, -0.2) is 0 Å². The number of hydrogen-bond donors (Lipinski definition) is 1. The van der Waals surface area contributed by atoms with Crippen molar-refractivity contribution in [3.63, 3.8) is 0 Å². The van der Waals surface area contributed by atoms with Crippen LogP contribution in [0.3, 0.4) is 0 Å². The Labute approximate surface area is 120 Å². The fourth-order valence-electron chi connectivity index (χ4n) is 1.87. The number of alkyl halides is 1. The van der Waals surface area contributed by atoms with Crippen molar-refractivity contribution in [2.24, 2.45) is 0 Å². The first-order valence-corrected chi connectivity index (χ1v) is 8.30. The number of carbonyl (C=O) groups is 1. The van der Waals surface area contributed by atoms with Gasteiger partial charge >= 0.3 is 0 Å². The molecule has 1 atom stereocenters. The van der Waals surface area contributed by atoms with Crippen LogP contribution < -0.4 is 5.32 Å². The Morgan fingerprint density at radius 1 is 1.41 bits per heavy atom. The number of fused-ring (bicyclic) bond motifs is 1. The van der Waals surface area contributed by atoms with Crippen LogP contribution in [0.25, 0.3) is 0 Å². The molecule has 17 heavy (non-hydrogen) atoms. The Bertz CT molecular complexity index is 372. The van der Waals surface area contributed by atoms with E-state index in [1.807, 2.05) is 12.1 Å². The van der Waals surface area contributed by atoms with Gasteiger partial charge in [-0.3, -0.25) is 4.79 Å². The molecule has 1 unspecified atom stereocenters. The van der Waals surface area contributed by atoms with Crippen LogP contribution in [-0.4, -0.2) is 22.1 Å². The highest BCUT2D eigenvalue weighted by Crippen LogP contribution is 2.36. The van der Waals surface area contributed by atoms with Gasteiger partial charge < -0.3 is 5.32 Å². The zero-order valence-corrected chi connectivity index (χ0v) is 12.6. The second-order valence-corrected chi connectivity index (χ2v) is 6.43. The van der Waals surface area contributed by atoms with E-state index >= 15 is 0 Å². The van der Waals surface area contributed by atoms with E-state index in [0.29, 0.717) is 0 Å². The quantitative estimate of drug-likeness (QED) is 0.496. The minimum Gasteiger partial charge on any atom is -0.355 e. The molecule has 1 aliphatic rings. The lowest BCUT2D eigenvalue weighted by Crippen LogP contribution is -2.33. The highest BCUT2D eigenvalue weighted by molar-refractivity contribution is 14.1. The van der Waals surface area contributed by atoms with Crippen molar-refractivity contribution in [2.75, 3.05) is 11.0 Å². The number of halogens is 1. The molecule has 1 aliphatic heterocycles. The molecule has 0 aliphatic carbocycles. The number of nitrogens with one attached hydrogen (secondary N) is 1. The number of unbranched alkanes of at least 4 members (excludes halogenated alkanes) is 1. The van der Waals surface area contributed by atoms with Crippen LogP contribution in [0, 0.1) is 0 Å². The summed E-state index contributed by atoms with van der Waals surface area (Å²) in [6, 6.07) is 8.29. The number of hydrogen-bond acceptors (Lipinski definition) is 2. The Balaban J connectivity index is 1.80. The van der Waals surface area contributed by atoms with Gasteiger partial charge in [0.1, 0.15) is 0 Å². The third-order valence-electron chi connectivity index (χ3n) is 2.80. The Kier molecular flexibility index (Phi) is 5.16. The first-order valence-electron chi connectivity index (χ1n) is 5.89. The molecule has 4 heteroatoms. The molecule has 0 saturated heterocycles. The second kappa shape index (κ2) is 6.64. The fraction of sp³-hybridized carbons (Fsp3) is 0.462. The van der Waals surface area contributed by atoms with E-state index < -0.39 is 0 Å². The summed E-state index contributed by atoms with van der Waals surface area (Å²) in [4.78, 5) is 13.2. The molecule has 1 N–H and O–H groups in total. The van der Waals surface area contributed by atoms with E-state index in [4.69, 9.17) is 0 Å². The van der Waals surface area contributed by atoms with Gasteiger partial charge in [0.05, 0.1) is 5.25 Å². The molecule has 1 aromatic rings. The van der Waals surface area contributed by atoms with Crippen molar-refractivity contribution in [2.45, 2.75) is 29.4 Å². The minimum atomic E-state index is 0.0759. The lowest BCUT2D eigenvalue weighted by atomic mass is 10.1. The number of benzene rings is 1. The van der Waals surface area contributed by atoms with E-state index in [1.165, 1.54) is 16.9 Å². The van der Waals surface area contributed by atoms with Gasteiger partial charge in [0.25, 0.3) is 0 Å². The minimum absolute atomic E-state index is 0.0759. The lowest BCUT2D eigenvalue weighted by molar-refractivity contribution is -0.120. The van der Waals surface area contributed by atoms with Crippen LogP contribution in [0.15, 0.2) is 29.2 Å². The van der Waals surface area contributed by atoms with Crippen LogP contribution in [0.4, 0.5) is 0 Å². The van der Waals surface area contributed by atoms with Crippen molar-refractivity contribution in [1.82, 2.24) is 5.32 Å². The highest BCUT2D eigenvalue weighted by atomic mass is 127. The topological polar surface area (TPSA) is 29.1 Å². The van der Waals surface area contributed by atoms with E-state index in [0.717, 1.165) is 23.8 Å². The monoisotopic (exact) mass is 361 g/mol. The maximum absolute atomic E-state index is 11.9. The van der Waals surface area contributed by atoms with Gasteiger partial charge in [0, 0.05) is 11.4 Å². The maximum atomic E-state index is 11.9. The Morgan fingerprint density at radius 2 is 2.24 bits per heavy atom. The molecule has 0 saturated carbocycles. The summed E-state index contributed by atoms with van der Waals surface area (Å²) < 4.78 is 1.16. The van der Waals surface area contributed by atoms with Crippen molar-refractivity contribution in [3.05, 3.63) is 29.8 Å². The lowest BCUT2D eigenvalue weighted by Gasteiger charge is -2.09. The maximum Gasteiger partial charge on any atom is 0.233 e. The summed E-state index contributed by atoms with van der Waals surface area (Å²) in [5, 5.41) is 3.11. The molecule has 0 aromatic heterocycles. The van der Waals surface area contributed by atoms with E-state index in [1.54, 1.807) is 11.8 Å². The number of rotatable bonds is 5. The predicted molar refractivity (Wildman–Crippen MR) is 80.9 cm³/mol. The van der Waals surface area contributed by atoms with Gasteiger partial charge in [-0.2, -0.15) is 0 Å². The molecule has 92 valence electrons. The molecule has 0 bridgehead atoms. The molecule has 2 nitrogen and oxygen atoms in total. The fourth-order valence-corrected chi connectivity index (χ4v) is 3.63. The molecule has 1 amide bonds. The molecular formula is C13H16INOS. The van der Waals surface area contributed by atoms with Gasteiger partial charge in [0.2, 0.25) is 5.91 Å². The smallest absolute Gasteiger partial charge is 0.233 e. The molecule has 0 spiro atoms. The average molecular weight is 361 g/mol. The zero-order chi connectivity index (χ0) is 12.1. The normalized spacial score (nSPS) is 17.8. The van der Waals surface area contributed by atoms with E-state index in [-0.39, 0.29) is 11.2 Å². The largest absolute Gasteiger partial charge is 0.355 e. The van der Waals surface area contributed by atoms with Crippen molar-refractivity contribution in [1.29, 1.82) is 0 Å². The first kappa shape index (κ1) is 13.2. The van der Waals surface area contributed by atoms with Gasteiger partial charge in [-0.1, -0.05) is 40.8 Å². The van der Waals surface area contributed by atoms with Gasteiger partial charge in [0.15, 0.2) is 0 Å². The van der Waals surface area contributed by atoms with Gasteiger partial charge in [-0.15, -0.1) is 11.8 Å². The standard InChI is InChI=1S/C13H16INOS/c14-7-3-4-8-15-13(16)12-9-10-5-1-2-6-11(10)17-12/h1-2,5-6,12H,3-4,7-9H2,(H,15,16). The van der Waals surface area contributed by atoms with Crippen LogP contribution in [0.1, 0.15) is 18.4 Å². The number of carbonyl (C=O) groups excluding carboxylic acids is 1. The van der Waals surface area contributed by atoms with Crippen LogP contribution in [0.2, 0.25) is 0 Å².